The van der Waals surface area contributed by atoms with E-state index in [4.69, 9.17) is 42.6 Å². The molecule has 0 radical (unpaired) electrons. The van der Waals surface area contributed by atoms with Gasteiger partial charge in [-0.3, -0.25) is 14.4 Å². The summed E-state index contributed by atoms with van der Waals surface area (Å²) in [6, 6.07) is 11.8. The summed E-state index contributed by atoms with van der Waals surface area (Å²) in [5, 5.41) is 38.6. The fourth-order valence-corrected chi connectivity index (χ4v) is 11.5. The summed E-state index contributed by atoms with van der Waals surface area (Å²) in [6.45, 7) is 14.6. The van der Waals surface area contributed by atoms with Gasteiger partial charge >= 0.3 is 23.9 Å². The monoisotopic (exact) mass is 1410 g/mol. The fraction of sp³-hybridized carbons (Fsp3) is 0.662. The number of amides is 2. The van der Waals surface area contributed by atoms with Gasteiger partial charge in [-0.05, 0) is 121 Å². The van der Waals surface area contributed by atoms with Crippen LogP contribution in [0.3, 0.4) is 0 Å². The van der Waals surface area contributed by atoms with E-state index >= 15 is 0 Å². The summed E-state index contributed by atoms with van der Waals surface area (Å²) in [5.41, 5.74) is -4.26. The second-order valence-electron chi connectivity index (χ2n) is 26.6. The predicted molar refractivity (Wildman–Crippen MR) is 389 cm³/mol. The van der Waals surface area contributed by atoms with Crippen molar-refractivity contribution in [2.24, 2.45) is 11.8 Å². The number of hydrogen-bond donors (Lipinski definition) is 5. The molecule has 2 aromatic carbocycles. The van der Waals surface area contributed by atoms with Crippen LogP contribution in [0.15, 0.2) is 72.8 Å². The molecule has 566 valence electrons. The number of ketones is 1. The molecule has 0 spiro atoms. The maximum Gasteiger partial charge on any atom is 0.339 e. The van der Waals surface area contributed by atoms with Crippen molar-refractivity contribution < 1.29 is 91.5 Å². The summed E-state index contributed by atoms with van der Waals surface area (Å²) in [7, 11) is 5.25. The average molecular weight is 1420 g/mol. The molecule has 0 saturated carbocycles. The number of benzene rings is 2. The topological polar surface area (TPSA) is 287 Å². The standard InChI is InChI=1S/C43H67NO10.C37H55NO9/c1-8-10-12-16-19-26-42(52-31-32-53-42)27-20-17-14-13-15-18-21-36(43(48,28-30-49-6)40(47)54-41(3,4)5)38(45)44-37(39(46)50-7)33-34-22-24-35(25-23-34)51-29-11-9-2;1-5-7-9-12-15-18-30(39)19-16-13-10-11-14-17-20-32(37(44,36(42)43)25-27-45-3)34(40)38-33(35(41)46-4)28-29-21-23-31(24-22-29)47-26-8-6-2/h18,21-25,36-37,48H,8,10,12-17,19-20,26-33H2,1-7H3,(H,44,45);17,20-24,32-33,44H,5,7,9-16,18-19,25-28H2,1-4H3,(H,38,40)(H,42,43)/b21-18+;20-17+/t36-,37+,43+;32-,33+,37+/m11/s1. The van der Waals surface area contributed by atoms with Crippen molar-refractivity contribution in [3.05, 3.63) is 84.0 Å². The lowest BCUT2D eigenvalue weighted by molar-refractivity contribution is -0.185. The van der Waals surface area contributed by atoms with Crippen LogP contribution < -0.4 is 20.1 Å². The quantitative estimate of drug-likeness (QED) is 0.0135. The lowest BCUT2D eigenvalue weighted by atomic mass is 9.82. The maximum absolute atomic E-state index is 14.1. The number of carbonyl (C=O) groups is 7. The Kier molecular flexibility index (Phi) is 46.3. The summed E-state index contributed by atoms with van der Waals surface area (Å²) in [4.78, 5) is 91.3. The number of unbranched alkanes of at least 4 members (excludes halogenated alkanes) is 16. The third-order valence-electron chi connectivity index (χ3n) is 17.3. The van der Waals surface area contributed by atoms with Gasteiger partial charge in [-0.15, -0.1) is 11.8 Å². The summed E-state index contributed by atoms with van der Waals surface area (Å²) < 4.78 is 49.1. The molecule has 5 N–H and O–H groups in total. The third-order valence-corrected chi connectivity index (χ3v) is 17.3. The molecule has 21 nitrogen and oxygen atoms in total. The van der Waals surface area contributed by atoms with Gasteiger partial charge in [0.2, 0.25) is 11.8 Å². The number of esters is 3. The van der Waals surface area contributed by atoms with Gasteiger partial charge in [0, 0.05) is 78.8 Å². The second-order valence-corrected chi connectivity index (χ2v) is 26.6. The van der Waals surface area contributed by atoms with Gasteiger partial charge in [-0.1, -0.05) is 151 Å². The van der Waals surface area contributed by atoms with E-state index in [9.17, 15) is 48.9 Å². The zero-order valence-electron chi connectivity index (χ0n) is 62.7. The van der Waals surface area contributed by atoms with Crippen LogP contribution in [-0.4, -0.2) is 160 Å². The number of aliphatic hydroxyl groups is 2. The molecule has 2 aromatic rings. The minimum atomic E-state index is -2.48. The van der Waals surface area contributed by atoms with Crippen LogP contribution >= 0.6 is 0 Å². The molecule has 1 saturated heterocycles. The van der Waals surface area contributed by atoms with Gasteiger partial charge in [-0.25, -0.2) is 19.2 Å². The molecule has 1 fully saturated rings. The number of allylic oxidation sites excluding steroid dienone is 2. The minimum absolute atomic E-state index is 0.0142. The highest BCUT2D eigenvalue weighted by Gasteiger charge is 2.50. The van der Waals surface area contributed by atoms with Crippen molar-refractivity contribution in [3.63, 3.8) is 0 Å². The van der Waals surface area contributed by atoms with Crippen LogP contribution in [0.1, 0.15) is 227 Å². The first-order valence-electron chi connectivity index (χ1n) is 36.5. The van der Waals surface area contributed by atoms with Crippen LogP contribution in [0.2, 0.25) is 0 Å². The molecule has 101 heavy (non-hydrogen) atoms. The van der Waals surface area contributed by atoms with Crippen LogP contribution in [0.25, 0.3) is 0 Å². The number of aliphatic carboxylic acids is 1. The van der Waals surface area contributed by atoms with Gasteiger partial charge < -0.3 is 68.6 Å². The molecular weight excluding hydrogens is 1290 g/mol. The molecule has 0 unspecified atom stereocenters. The maximum atomic E-state index is 14.1. The number of nitrogens with one attached hydrogen (secondary N) is 2. The molecule has 6 atom stereocenters. The number of carboxylic acids is 1. The Bertz CT molecular complexity index is 2890. The molecule has 21 heteroatoms. The highest BCUT2D eigenvalue weighted by Crippen LogP contribution is 2.33. The van der Waals surface area contributed by atoms with Gasteiger partial charge in [0.1, 0.15) is 48.2 Å². The molecule has 1 aliphatic heterocycles. The Labute approximate surface area is 603 Å². The van der Waals surface area contributed by atoms with Crippen molar-refractivity contribution in [1.29, 1.82) is 0 Å². The van der Waals surface area contributed by atoms with Gasteiger partial charge in [-0.2, -0.15) is 0 Å². The lowest BCUT2D eigenvalue weighted by Crippen LogP contribution is -2.56. The smallest absolute Gasteiger partial charge is 0.339 e. The molecular formula is C80H122N2O19. The second kappa shape index (κ2) is 51.9. The number of hydrogen-bond acceptors (Lipinski definition) is 18. The summed E-state index contributed by atoms with van der Waals surface area (Å²) in [6.07, 6.45) is 29.1. The molecule has 0 bridgehead atoms. The number of Topliss-reactive ketones (excluding diaryl/α,β-unsaturated/α-hetero) is 1. The number of ether oxygens (including phenoxy) is 9. The van der Waals surface area contributed by atoms with Crippen molar-refractivity contribution >= 4 is 41.5 Å². The highest BCUT2D eigenvalue weighted by molar-refractivity contribution is 5.94. The van der Waals surface area contributed by atoms with Crippen molar-refractivity contribution in [1.82, 2.24) is 10.6 Å². The van der Waals surface area contributed by atoms with Crippen LogP contribution in [0, 0.1) is 35.5 Å². The Morgan fingerprint density at radius 3 is 1.32 bits per heavy atom. The van der Waals surface area contributed by atoms with Gasteiger partial charge in [0.15, 0.2) is 17.0 Å². The molecule has 3 rings (SSSR count). The number of methoxy groups -OCH3 is 4. The van der Waals surface area contributed by atoms with E-state index in [-0.39, 0.29) is 52.1 Å². The Balaban J connectivity index is 0.000000694. The van der Waals surface area contributed by atoms with E-state index in [0.29, 0.717) is 61.7 Å². The molecule has 1 aliphatic rings. The van der Waals surface area contributed by atoms with Crippen molar-refractivity contribution in [2.45, 2.75) is 263 Å². The number of carboxylic acid groups (broad SMARTS) is 1. The van der Waals surface area contributed by atoms with E-state index in [0.717, 1.165) is 89.0 Å². The third kappa shape index (κ3) is 36.6. The average Bonchev–Trinajstić information content (AvgIpc) is 0.870. The van der Waals surface area contributed by atoms with Crippen LogP contribution in [-0.2, 0) is 79.6 Å². The fourth-order valence-electron chi connectivity index (χ4n) is 11.5. The molecule has 0 aromatic heterocycles. The largest absolute Gasteiger partial charge is 0.481 e. The molecule has 0 aliphatic carbocycles. The Hall–Kier alpha value is -7.11. The Morgan fingerprint density at radius 1 is 0.554 bits per heavy atom. The zero-order valence-corrected chi connectivity index (χ0v) is 62.7. The highest BCUT2D eigenvalue weighted by atomic mass is 16.7. The molecule has 2 amide bonds. The van der Waals surface area contributed by atoms with Crippen molar-refractivity contribution in [2.75, 3.05) is 68.1 Å². The van der Waals surface area contributed by atoms with Gasteiger partial charge in [0.25, 0.3) is 0 Å². The number of rotatable bonds is 52. The predicted octanol–water partition coefficient (Wildman–Crippen LogP) is 12.6. The van der Waals surface area contributed by atoms with E-state index in [2.05, 4.69) is 48.2 Å². The normalized spacial score (nSPS) is 14.9. The first kappa shape index (κ1) is 90.0. The number of carbonyl (C=O) groups excluding carboxylic acids is 6. The van der Waals surface area contributed by atoms with E-state index in [1.54, 1.807) is 95.3 Å². The van der Waals surface area contributed by atoms with E-state index in [1.807, 2.05) is 6.08 Å². The summed E-state index contributed by atoms with van der Waals surface area (Å²) in [5.74, 6) is 3.86. The Morgan fingerprint density at radius 2 is 0.941 bits per heavy atom. The minimum Gasteiger partial charge on any atom is -0.481 e. The SMILES string of the molecule is CC#CCOc1ccc(C[C@H](NC(=O)[C@@H](/C=C/CCCCCCC(=O)CCCCCCC)[C@@](O)(CCOC)C(=O)O)C(=O)OC)cc1.CC#CCOc1ccc(C[C@H](NC(=O)[C@@H](/C=C/CCCCCCC2(CCCCCCC)OCCO2)[C@@](O)(CCOC)C(=O)OC(C)(C)C)C(=O)OC)cc1. The zero-order chi connectivity index (χ0) is 74.8. The first-order valence-corrected chi connectivity index (χ1v) is 36.5. The summed E-state index contributed by atoms with van der Waals surface area (Å²) >= 11 is 0. The van der Waals surface area contributed by atoms with Crippen LogP contribution in [0.5, 0.6) is 11.5 Å². The first-order chi connectivity index (χ1) is 48.4. The van der Waals surface area contributed by atoms with Crippen molar-refractivity contribution in [3.8, 4) is 35.2 Å². The van der Waals surface area contributed by atoms with E-state index < -0.39 is 82.2 Å². The van der Waals surface area contributed by atoms with Gasteiger partial charge in [0.05, 0.1) is 39.3 Å². The van der Waals surface area contributed by atoms with E-state index in [1.165, 1.54) is 79.5 Å². The van der Waals surface area contributed by atoms with Crippen LogP contribution in [0.4, 0.5) is 0 Å². The lowest BCUT2D eigenvalue weighted by Gasteiger charge is -2.35. The molecule has 1 heterocycles.